The summed E-state index contributed by atoms with van der Waals surface area (Å²) in [5.41, 5.74) is 5.61. The zero-order valence-electron chi connectivity index (χ0n) is 16.7. The molecule has 0 aliphatic carbocycles. The van der Waals surface area contributed by atoms with Crippen LogP contribution in [0.2, 0.25) is 0 Å². The Bertz CT molecular complexity index is 518. The monoisotopic (exact) mass is 398 g/mol. The van der Waals surface area contributed by atoms with Gasteiger partial charge in [-0.05, 0) is 12.5 Å². The molecular weight excluding hydrogens is 364 g/mol. The Kier molecular flexibility index (Phi) is 12.7. The molecule has 0 aromatic rings. The number of hydrogen-bond acceptors (Lipinski definition) is 4. The molecule has 0 aromatic carbocycles. The van der Waals surface area contributed by atoms with Gasteiger partial charge in [-0.2, -0.15) is 0 Å². The van der Waals surface area contributed by atoms with Gasteiger partial charge < -0.3 is 15.4 Å². The van der Waals surface area contributed by atoms with Crippen LogP contribution in [0.3, 0.4) is 0 Å². The zero-order valence-corrected chi connectivity index (χ0v) is 17.4. The number of primary amides is 1. The van der Waals surface area contributed by atoms with Crippen LogP contribution in [-0.4, -0.2) is 30.1 Å². The lowest BCUT2D eigenvalue weighted by atomic mass is 10.1. The number of amides is 1. The molecule has 6 heteroatoms. The van der Waals surface area contributed by atoms with Gasteiger partial charge >= 0.3 is 5.97 Å². The number of nitrogens with zero attached hydrogens (tertiary/aromatic N) is 1. The van der Waals surface area contributed by atoms with Crippen LogP contribution in [0.25, 0.3) is 0 Å². The van der Waals surface area contributed by atoms with Crippen LogP contribution in [0.15, 0.2) is 22.9 Å². The van der Waals surface area contributed by atoms with E-state index in [9.17, 15) is 9.59 Å². The molecule has 0 saturated carbocycles. The van der Waals surface area contributed by atoms with Crippen LogP contribution in [0.1, 0.15) is 84.0 Å². The second-order valence-electron chi connectivity index (χ2n) is 7.18. The number of hydrogen-bond donors (Lipinski definition) is 1. The van der Waals surface area contributed by atoms with Gasteiger partial charge in [-0.1, -0.05) is 82.7 Å². The molecule has 0 saturated heterocycles. The largest absolute Gasteiger partial charge is 0.444 e. The van der Waals surface area contributed by atoms with Crippen molar-refractivity contribution in [2.24, 2.45) is 5.73 Å². The summed E-state index contributed by atoms with van der Waals surface area (Å²) < 4.78 is 5.25. The third kappa shape index (κ3) is 11.1. The van der Waals surface area contributed by atoms with Gasteiger partial charge in [0.25, 0.3) is 0 Å². The minimum Gasteiger partial charge on any atom is -0.444 e. The number of rotatable bonds is 15. The summed E-state index contributed by atoms with van der Waals surface area (Å²) in [4.78, 5) is 24.8. The van der Waals surface area contributed by atoms with Gasteiger partial charge in [0.2, 0.25) is 5.91 Å². The van der Waals surface area contributed by atoms with Crippen molar-refractivity contribution in [3.63, 3.8) is 0 Å². The average molecular weight is 399 g/mol. The van der Waals surface area contributed by atoms with Crippen molar-refractivity contribution in [2.75, 3.05) is 13.3 Å². The second-order valence-corrected chi connectivity index (χ2v) is 7.59. The molecule has 0 aromatic heterocycles. The predicted octanol–water partition coefficient (Wildman–Crippen LogP) is 5.00. The molecule has 0 spiro atoms. The number of carbonyl (C=O) groups excluding carboxylic acids is 2. The lowest BCUT2D eigenvalue weighted by molar-refractivity contribution is -0.147. The normalized spacial score (nSPS) is 13.9. The molecule has 0 bridgehead atoms. The van der Waals surface area contributed by atoms with Crippen LogP contribution >= 0.6 is 11.6 Å². The quantitative estimate of drug-likeness (QED) is 0.311. The highest BCUT2D eigenvalue weighted by atomic mass is 35.5. The van der Waals surface area contributed by atoms with Crippen molar-refractivity contribution in [2.45, 2.75) is 84.0 Å². The number of ether oxygens (including phenoxy) is 1. The average Bonchev–Trinajstić information content (AvgIpc) is 2.65. The molecule has 1 amide bonds. The van der Waals surface area contributed by atoms with Gasteiger partial charge in [0.05, 0.1) is 17.2 Å². The van der Waals surface area contributed by atoms with Crippen molar-refractivity contribution in [1.82, 2.24) is 4.90 Å². The van der Waals surface area contributed by atoms with E-state index in [1.54, 1.807) is 17.2 Å². The molecular formula is C21H35ClN2O3. The molecule has 1 rings (SSSR count). The maximum absolute atomic E-state index is 11.8. The molecule has 0 atom stereocenters. The molecule has 0 unspecified atom stereocenters. The second kappa shape index (κ2) is 14.6. The lowest BCUT2D eigenvalue weighted by Gasteiger charge is -2.24. The molecule has 5 nitrogen and oxygen atoms in total. The van der Waals surface area contributed by atoms with Crippen LogP contribution < -0.4 is 5.73 Å². The Hall–Kier alpha value is -1.49. The summed E-state index contributed by atoms with van der Waals surface area (Å²) in [6, 6.07) is 0. The number of nitrogens with two attached hydrogens (primary N) is 1. The van der Waals surface area contributed by atoms with Crippen molar-refractivity contribution in [3.05, 3.63) is 22.9 Å². The Labute approximate surface area is 168 Å². The van der Waals surface area contributed by atoms with E-state index in [4.69, 9.17) is 22.1 Å². The van der Waals surface area contributed by atoms with Crippen LogP contribution in [0, 0.1) is 0 Å². The van der Waals surface area contributed by atoms with E-state index in [1.165, 1.54) is 57.8 Å². The summed E-state index contributed by atoms with van der Waals surface area (Å²) in [5, 5.41) is 0.339. The molecule has 0 fully saturated rings. The first-order valence-corrected chi connectivity index (χ1v) is 10.7. The Morgan fingerprint density at radius 2 is 1.59 bits per heavy atom. The maximum Gasteiger partial charge on any atom is 0.307 e. The first-order valence-electron chi connectivity index (χ1n) is 10.3. The van der Waals surface area contributed by atoms with Crippen molar-refractivity contribution in [1.29, 1.82) is 0 Å². The first kappa shape index (κ1) is 23.5. The SMILES string of the molecule is CCCCCCCCCCCCCC(=O)OCN1C=CC(Cl)=C(C(N)=O)C1. The van der Waals surface area contributed by atoms with Crippen molar-refractivity contribution in [3.8, 4) is 0 Å². The highest BCUT2D eigenvalue weighted by molar-refractivity contribution is 6.33. The van der Waals surface area contributed by atoms with Gasteiger partial charge in [-0.15, -0.1) is 0 Å². The fourth-order valence-electron chi connectivity index (χ4n) is 3.05. The van der Waals surface area contributed by atoms with Crippen LogP contribution in [-0.2, 0) is 14.3 Å². The summed E-state index contributed by atoms with van der Waals surface area (Å²) >= 11 is 5.92. The lowest BCUT2D eigenvalue weighted by Crippen LogP contribution is -2.31. The smallest absolute Gasteiger partial charge is 0.307 e. The molecule has 2 N–H and O–H groups in total. The number of unbranched alkanes of at least 4 members (excludes halogenated alkanes) is 10. The van der Waals surface area contributed by atoms with Crippen LogP contribution in [0.4, 0.5) is 0 Å². The highest BCUT2D eigenvalue weighted by Gasteiger charge is 2.17. The fourth-order valence-corrected chi connectivity index (χ4v) is 3.26. The standard InChI is InChI=1S/C21H35ClN2O3/c1-2-3-4-5-6-7-8-9-10-11-12-13-20(25)27-17-24-15-14-19(22)18(16-24)21(23)26/h14-15H,2-13,16-17H2,1H3,(H2,23,26). The molecule has 0 radical (unpaired) electrons. The van der Waals surface area contributed by atoms with Gasteiger partial charge in [-0.25, -0.2) is 0 Å². The Balaban J connectivity index is 1.98. The molecule has 1 aliphatic rings. The zero-order chi connectivity index (χ0) is 19.9. The topological polar surface area (TPSA) is 72.6 Å². The van der Waals surface area contributed by atoms with Gasteiger partial charge in [-0.3, -0.25) is 9.59 Å². The van der Waals surface area contributed by atoms with Gasteiger partial charge in [0.1, 0.15) is 0 Å². The van der Waals surface area contributed by atoms with E-state index < -0.39 is 5.91 Å². The van der Waals surface area contributed by atoms with E-state index in [-0.39, 0.29) is 19.2 Å². The van der Waals surface area contributed by atoms with Gasteiger partial charge in [0.15, 0.2) is 6.73 Å². The van der Waals surface area contributed by atoms with Gasteiger partial charge in [0, 0.05) is 12.6 Å². The van der Waals surface area contributed by atoms with E-state index in [0.717, 1.165) is 12.8 Å². The molecule has 154 valence electrons. The fraction of sp³-hybridized carbons (Fsp3) is 0.714. The summed E-state index contributed by atoms with van der Waals surface area (Å²) in [6.07, 6.45) is 17.5. The summed E-state index contributed by atoms with van der Waals surface area (Å²) in [6.45, 7) is 2.61. The van der Waals surface area contributed by atoms with E-state index in [2.05, 4.69) is 6.92 Å². The molecule has 1 aliphatic heterocycles. The van der Waals surface area contributed by atoms with Crippen molar-refractivity contribution >= 4 is 23.5 Å². The number of carbonyl (C=O) groups is 2. The summed E-state index contributed by atoms with van der Waals surface area (Å²) in [5.74, 6) is -0.762. The Morgan fingerprint density at radius 1 is 1.04 bits per heavy atom. The molecule has 27 heavy (non-hydrogen) atoms. The number of esters is 1. The minimum atomic E-state index is -0.554. The predicted molar refractivity (Wildman–Crippen MR) is 110 cm³/mol. The number of halogens is 1. The minimum absolute atomic E-state index is 0.105. The third-order valence-corrected chi connectivity index (χ3v) is 5.11. The Morgan fingerprint density at radius 3 is 2.15 bits per heavy atom. The maximum atomic E-state index is 11.8. The van der Waals surface area contributed by atoms with Crippen molar-refractivity contribution < 1.29 is 14.3 Å². The van der Waals surface area contributed by atoms with E-state index in [0.29, 0.717) is 17.0 Å². The summed E-state index contributed by atoms with van der Waals surface area (Å²) in [7, 11) is 0. The number of allylic oxidation sites excluding steroid dienone is 2. The van der Waals surface area contributed by atoms with E-state index in [1.807, 2.05) is 0 Å². The first-order chi connectivity index (χ1) is 13.0. The van der Waals surface area contributed by atoms with Crippen LogP contribution in [0.5, 0.6) is 0 Å². The molecule has 1 heterocycles. The highest BCUT2D eigenvalue weighted by Crippen LogP contribution is 2.18. The van der Waals surface area contributed by atoms with E-state index >= 15 is 0 Å². The third-order valence-electron chi connectivity index (χ3n) is 4.75.